The minimum absolute atomic E-state index is 0. The Labute approximate surface area is 532 Å². The molecule has 7 aromatic heterocycles. The summed E-state index contributed by atoms with van der Waals surface area (Å²) in [4.78, 5) is 59.7. The summed E-state index contributed by atoms with van der Waals surface area (Å²) < 4.78 is 39.6. The molecule has 0 saturated carbocycles. The number of pyridine rings is 5. The van der Waals surface area contributed by atoms with Gasteiger partial charge in [-0.1, -0.05) is 36.4 Å². The van der Waals surface area contributed by atoms with Crippen LogP contribution in [0.4, 0.5) is 29.1 Å². The van der Waals surface area contributed by atoms with Crippen LogP contribution in [0.1, 0.15) is 33.8 Å². The molecular weight excluding hydrogens is 1280 g/mol. The largest absolute Gasteiger partial charge is 0.488 e. The molecular formula is C63H65Br2ClN12O10. The van der Waals surface area contributed by atoms with E-state index >= 15 is 0 Å². The van der Waals surface area contributed by atoms with Crippen LogP contribution in [0.25, 0.3) is 34.1 Å². The number of rotatable bonds is 8. The number of fused-ring (bicyclic) bond motifs is 7. The molecule has 0 bridgehead atoms. The van der Waals surface area contributed by atoms with Gasteiger partial charge in [-0.05, 0) is 108 Å². The molecule has 0 unspecified atom stereocenters. The Morgan fingerprint density at radius 3 is 1.41 bits per heavy atom. The highest BCUT2D eigenvalue weighted by Crippen LogP contribution is 2.31. The highest BCUT2D eigenvalue weighted by atomic mass is 79.9. The molecule has 25 heteroatoms. The van der Waals surface area contributed by atoms with Crippen LogP contribution in [-0.4, -0.2) is 126 Å². The molecule has 9 aromatic rings. The average molecular weight is 1350 g/mol. The van der Waals surface area contributed by atoms with E-state index in [1.165, 1.54) is 12.2 Å². The molecule has 458 valence electrons. The summed E-state index contributed by atoms with van der Waals surface area (Å²) in [5.41, 5.74) is 5.46. The normalized spacial score (nSPS) is 13.5. The first kappa shape index (κ1) is 64.6. The van der Waals surface area contributed by atoms with Gasteiger partial charge < -0.3 is 68.9 Å². The predicted octanol–water partition coefficient (Wildman–Crippen LogP) is 11.2. The lowest BCUT2D eigenvalue weighted by Crippen LogP contribution is -2.25. The Hall–Kier alpha value is -9.39. The minimum atomic E-state index is -0.156. The maximum absolute atomic E-state index is 12.5. The van der Waals surface area contributed by atoms with Gasteiger partial charge in [0, 0.05) is 83.6 Å². The van der Waals surface area contributed by atoms with Crippen LogP contribution < -0.4 is 50.3 Å². The Morgan fingerprint density at radius 2 is 0.943 bits per heavy atom. The molecule has 5 aliphatic rings. The lowest BCUT2D eigenvalue weighted by atomic mass is 10.1. The lowest BCUT2D eigenvalue weighted by Gasteiger charge is -2.18. The van der Waals surface area contributed by atoms with Gasteiger partial charge in [0.1, 0.15) is 49.1 Å². The smallest absolute Gasteiger partial charge is 0.263 e. The van der Waals surface area contributed by atoms with Crippen molar-refractivity contribution >= 4 is 126 Å². The number of anilines is 5. The molecule has 5 aliphatic heterocycles. The monoisotopic (exact) mass is 1340 g/mol. The Bertz CT molecular complexity index is 3750. The van der Waals surface area contributed by atoms with Gasteiger partial charge in [-0.25, -0.2) is 24.9 Å². The van der Waals surface area contributed by atoms with Gasteiger partial charge in [0.05, 0.1) is 39.3 Å². The molecule has 0 aliphatic carbocycles. The summed E-state index contributed by atoms with van der Waals surface area (Å²) in [6.07, 6.45) is 15.1. The summed E-state index contributed by atoms with van der Waals surface area (Å²) in [6.45, 7) is 10.8. The van der Waals surface area contributed by atoms with E-state index in [1.807, 2.05) is 92.7 Å². The van der Waals surface area contributed by atoms with E-state index in [2.05, 4.69) is 67.4 Å². The molecule has 3 amide bonds. The first-order chi connectivity index (χ1) is 41.9. The van der Waals surface area contributed by atoms with Gasteiger partial charge in [0.2, 0.25) is 11.8 Å². The Kier molecular flexibility index (Phi) is 23.0. The number of halogens is 3. The van der Waals surface area contributed by atoms with E-state index in [4.69, 9.17) is 32.5 Å². The van der Waals surface area contributed by atoms with Gasteiger partial charge in [0.25, 0.3) is 5.91 Å². The second-order valence-corrected chi connectivity index (χ2v) is 20.6. The minimum Gasteiger partial charge on any atom is -0.488 e. The molecule has 0 fully saturated rings. The number of aryl methyl sites for hydroxylation is 2. The standard InChI is InChI=1S/2C21H21N3O3.C7H7BrN2O.C7H6N2O2.C7H8N2O.BrH.ClH/c2*1-14-16-5-3-4-6-17(16)27-19(14)13-24(2)20(25)8-7-15-11-18-21(23-12-15)22-9-10-26-18;8-5-3-6-7(10-4-5)9-1-2-11-6;10-6-4-11-5-2-1-3-8-7(5)9-6;1-2-6-7(8-3-1)9-4-5-10-6;;/h2*3-8,11-12H,9-10,13H2,1-2H3,(H,22,23);3-4H,1-2H2,(H,9,10);1-3H,4H2,(H,8,9,10);1-3H,4-5H2,(H,8,9);2*1H/b2*8-7+;;;;;. The SMILES string of the molecule is Br.Brc1cnc2c(c1)OCCN2.Cc1c(CN(C)C(=O)/C=C/c2cnc3c(c2)OCCN3)oc2ccccc12.Cc1c(CN(C)C(=O)/C=C/c2cnc3c(c2)OCCN3)oc2ccccc12.Cl.O=C1COc2cccnc2N1.c1cnc2c(c1)OCCN2. The zero-order valence-electron chi connectivity index (χ0n) is 48.5. The first-order valence-corrected chi connectivity index (χ1v) is 28.5. The van der Waals surface area contributed by atoms with Gasteiger partial charge in [-0.3, -0.25) is 14.4 Å². The molecule has 5 N–H and O–H groups in total. The second kappa shape index (κ2) is 31.3. The number of furan rings is 2. The maximum atomic E-state index is 12.5. The summed E-state index contributed by atoms with van der Waals surface area (Å²) >= 11 is 3.32. The highest BCUT2D eigenvalue weighted by molar-refractivity contribution is 9.10. The number of carbonyl (C=O) groups is 3. The number of hydrogen-bond acceptors (Lipinski definition) is 19. The van der Waals surface area contributed by atoms with E-state index in [1.54, 1.807) is 79.2 Å². The molecule has 0 saturated heterocycles. The van der Waals surface area contributed by atoms with E-state index < -0.39 is 0 Å². The third-order valence-electron chi connectivity index (χ3n) is 13.6. The van der Waals surface area contributed by atoms with Gasteiger partial charge in [0.15, 0.2) is 64.4 Å². The van der Waals surface area contributed by atoms with Crippen molar-refractivity contribution < 1.29 is 46.9 Å². The Balaban J connectivity index is 0.000000152. The Morgan fingerprint density at radius 1 is 0.534 bits per heavy atom. The third-order valence-corrected chi connectivity index (χ3v) is 14.0. The third kappa shape index (κ3) is 17.0. The number of carbonyl (C=O) groups excluding carboxylic acids is 3. The number of amides is 3. The summed E-state index contributed by atoms with van der Waals surface area (Å²) in [6, 6.07) is 28.8. The summed E-state index contributed by atoms with van der Waals surface area (Å²) in [5, 5.41) is 17.3. The lowest BCUT2D eigenvalue weighted by molar-refractivity contribution is -0.126. The molecule has 88 heavy (non-hydrogen) atoms. The molecule has 12 heterocycles. The fourth-order valence-corrected chi connectivity index (χ4v) is 9.36. The molecule has 0 spiro atoms. The molecule has 0 radical (unpaired) electrons. The number of aromatic nitrogens is 5. The van der Waals surface area contributed by atoms with Crippen LogP contribution in [0.2, 0.25) is 0 Å². The topological polar surface area (TPSA) is 255 Å². The van der Waals surface area contributed by atoms with Crippen molar-refractivity contribution in [1.29, 1.82) is 0 Å². The van der Waals surface area contributed by atoms with Crippen LogP contribution in [-0.2, 0) is 27.5 Å². The number of ether oxygens (including phenoxy) is 5. The van der Waals surface area contributed by atoms with Crippen molar-refractivity contribution in [2.24, 2.45) is 0 Å². The van der Waals surface area contributed by atoms with Crippen LogP contribution in [0.5, 0.6) is 28.7 Å². The van der Waals surface area contributed by atoms with Gasteiger partial charge in [-0.2, -0.15) is 0 Å². The van der Waals surface area contributed by atoms with Crippen LogP contribution in [0.3, 0.4) is 0 Å². The van der Waals surface area contributed by atoms with E-state index in [0.29, 0.717) is 56.0 Å². The maximum Gasteiger partial charge on any atom is 0.263 e. The van der Waals surface area contributed by atoms with Crippen LogP contribution in [0.15, 0.2) is 147 Å². The van der Waals surface area contributed by atoms with Crippen LogP contribution in [0, 0.1) is 13.8 Å². The molecule has 2 aromatic carbocycles. The summed E-state index contributed by atoms with van der Waals surface area (Å²) in [5.74, 6) is 8.64. The van der Waals surface area contributed by atoms with Crippen molar-refractivity contribution in [2.75, 3.05) is 99.9 Å². The van der Waals surface area contributed by atoms with Crippen molar-refractivity contribution in [2.45, 2.75) is 26.9 Å². The van der Waals surface area contributed by atoms with Gasteiger partial charge in [-0.15, -0.1) is 29.4 Å². The fraction of sp³-hybridized carbons (Fsp3) is 0.238. The fourth-order valence-electron chi connectivity index (χ4n) is 9.05. The van der Waals surface area contributed by atoms with Gasteiger partial charge >= 0.3 is 0 Å². The number of para-hydroxylation sites is 2. The first-order valence-electron chi connectivity index (χ1n) is 27.7. The van der Waals surface area contributed by atoms with Crippen molar-refractivity contribution in [3.05, 3.63) is 172 Å². The van der Waals surface area contributed by atoms with Crippen molar-refractivity contribution in [3.8, 4) is 28.7 Å². The number of nitrogens with one attached hydrogen (secondary N) is 5. The van der Waals surface area contributed by atoms with Crippen molar-refractivity contribution in [1.82, 2.24) is 34.7 Å². The number of hydrogen-bond donors (Lipinski definition) is 5. The van der Waals surface area contributed by atoms with E-state index in [9.17, 15) is 14.4 Å². The zero-order chi connectivity index (χ0) is 59.8. The molecule has 0 atom stereocenters. The van der Waals surface area contributed by atoms with E-state index in [0.717, 1.165) is 128 Å². The summed E-state index contributed by atoms with van der Waals surface area (Å²) in [7, 11) is 3.52. The number of nitrogens with zero attached hydrogens (tertiary/aromatic N) is 7. The van der Waals surface area contributed by atoms with Crippen LogP contribution >= 0.6 is 45.3 Å². The predicted molar refractivity (Wildman–Crippen MR) is 349 cm³/mol. The molecule has 22 nitrogen and oxygen atoms in total. The highest BCUT2D eigenvalue weighted by Gasteiger charge is 2.19. The molecule has 14 rings (SSSR count). The number of likely N-dealkylation sites (N-methyl/N-ethyl adjacent to an activating group) is 2. The van der Waals surface area contributed by atoms with Crippen molar-refractivity contribution in [3.63, 3.8) is 0 Å². The average Bonchev–Trinajstić information content (AvgIpc) is 3.97. The quantitative estimate of drug-likeness (QED) is 0.0886. The second-order valence-electron chi connectivity index (χ2n) is 19.7. The zero-order valence-corrected chi connectivity index (χ0v) is 52.7. The number of benzene rings is 2. The van der Waals surface area contributed by atoms with E-state index in [-0.39, 0.29) is 53.7 Å².